The van der Waals surface area contributed by atoms with Crippen LogP contribution < -0.4 is 0 Å². The van der Waals surface area contributed by atoms with Crippen LogP contribution in [0.1, 0.15) is 18.1 Å². The second kappa shape index (κ2) is 5.29. The first kappa shape index (κ1) is 14.0. The fourth-order valence-electron chi connectivity index (χ4n) is 1.92. The van der Waals surface area contributed by atoms with Crippen molar-refractivity contribution in [3.63, 3.8) is 0 Å². The van der Waals surface area contributed by atoms with Crippen molar-refractivity contribution in [3.05, 3.63) is 44.8 Å². The van der Waals surface area contributed by atoms with E-state index in [1.165, 1.54) is 9.39 Å². The van der Waals surface area contributed by atoms with E-state index in [0.717, 1.165) is 29.9 Å². The van der Waals surface area contributed by atoms with Crippen molar-refractivity contribution in [2.45, 2.75) is 19.5 Å². The third-order valence-electron chi connectivity index (χ3n) is 2.96. The van der Waals surface area contributed by atoms with E-state index in [9.17, 15) is 13.2 Å². The molecule has 0 saturated heterocycles. The lowest BCUT2D eigenvalue weighted by Crippen LogP contribution is -2.07. The lowest BCUT2D eigenvalue weighted by molar-refractivity contribution is -0.137. The zero-order chi connectivity index (χ0) is 13.3. The van der Waals surface area contributed by atoms with E-state index in [2.05, 4.69) is 22.9 Å². The minimum Gasteiger partial charge on any atom is -0.166 e. The molecule has 0 radical (unpaired) electrons. The van der Waals surface area contributed by atoms with E-state index in [4.69, 9.17) is 0 Å². The molecule has 1 unspecified atom stereocenters. The van der Waals surface area contributed by atoms with Gasteiger partial charge >= 0.3 is 6.18 Å². The van der Waals surface area contributed by atoms with Gasteiger partial charge in [0.2, 0.25) is 0 Å². The van der Waals surface area contributed by atoms with E-state index < -0.39 is 11.7 Å². The molecule has 1 atom stereocenters. The number of benzene rings is 1. The quantitative estimate of drug-likeness (QED) is 0.711. The predicted molar refractivity (Wildman–Crippen MR) is 72.7 cm³/mol. The van der Waals surface area contributed by atoms with E-state index in [1.807, 2.05) is 0 Å². The van der Waals surface area contributed by atoms with E-state index in [-0.39, 0.29) is 0 Å². The molecule has 18 heavy (non-hydrogen) atoms. The highest BCUT2D eigenvalue weighted by Crippen LogP contribution is 2.40. The highest BCUT2D eigenvalue weighted by molar-refractivity contribution is 9.11. The maximum atomic E-state index is 12.4. The van der Waals surface area contributed by atoms with Gasteiger partial charge in [-0.3, -0.25) is 0 Å². The fraction of sp³-hybridized carbons (Fsp3) is 0.385. The molecule has 0 fully saturated rings. The van der Waals surface area contributed by atoms with Crippen LogP contribution >= 0.6 is 27.7 Å². The summed E-state index contributed by atoms with van der Waals surface area (Å²) in [5, 5.41) is 0. The Kier molecular flexibility index (Phi) is 4.11. The normalized spacial score (nSPS) is 20.6. The molecule has 5 heteroatoms. The van der Waals surface area contributed by atoms with Gasteiger partial charge in [-0.15, -0.1) is 11.8 Å². The van der Waals surface area contributed by atoms with Gasteiger partial charge < -0.3 is 0 Å². The number of halogens is 4. The van der Waals surface area contributed by atoms with Gasteiger partial charge in [0.1, 0.15) is 0 Å². The van der Waals surface area contributed by atoms with Crippen LogP contribution in [0, 0.1) is 5.92 Å². The summed E-state index contributed by atoms with van der Waals surface area (Å²) in [5.41, 5.74) is 0.359. The molecule has 0 saturated carbocycles. The van der Waals surface area contributed by atoms with Gasteiger partial charge in [0.05, 0.1) is 5.56 Å². The average Bonchev–Trinajstić information content (AvgIpc) is 2.61. The van der Waals surface area contributed by atoms with Gasteiger partial charge in [-0.05, 0) is 35.9 Å². The van der Waals surface area contributed by atoms with Gasteiger partial charge in [0.15, 0.2) is 0 Å². The number of alkyl halides is 3. The highest BCUT2D eigenvalue weighted by Gasteiger charge is 2.30. The molecular weight excluding hydrogens is 325 g/mol. The largest absolute Gasteiger partial charge is 0.416 e. The number of rotatable bonds is 2. The highest BCUT2D eigenvalue weighted by atomic mass is 79.9. The van der Waals surface area contributed by atoms with Crippen molar-refractivity contribution in [1.82, 2.24) is 0 Å². The van der Waals surface area contributed by atoms with E-state index >= 15 is 0 Å². The molecule has 1 aromatic carbocycles. The summed E-state index contributed by atoms with van der Waals surface area (Å²) < 4.78 is 38.4. The third kappa shape index (κ3) is 3.12. The monoisotopic (exact) mass is 336 g/mol. The molecule has 0 nitrogen and oxygen atoms in total. The lowest BCUT2D eigenvalue weighted by atomic mass is 9.99. The van der Waals surface area contributed by atoms with Crippen LogP contribution in [0.15, 0.2) is 33.7 Å². The zero-order valence-corrected chi connectivity index (χ0v) is 12.1. The molecule has 98 valence electrons. The molecule has 0 amide bonds. The Labute approximate surface area is 117 Å². The molecule has 2 rings (SSSR count). The maximum absolute atomic E-state index is 12.4. The molecule has 1 aliphatic rings. The number of thioether (sulfide) groups is 1. The van der Waals surface area contributed by atoms with Gasteiger partial charge in [-0.25, -0.2) is 0 Å². The van der Waals surface area contributed by atoms with Crippen LogP contribution in [0.3, 0.4) is 0 Å². The summed E-state index contributed by atoms with van der Waals surface area (Å²) >= 11 is 5.35. The average molecular weight is 337 g/mol. The second-order valence-corrected chi connectivity index (χ2v) is 6.40. The molecule has 1 heterocycles. The summed E-state index contributed by atoms with van der Waals surface area (Å²) in [5.74, 6) is 1.37. The van der Waals surface area contributed by atoms with Crippen LogP contribution in [0.5, 0.6) is 0 Å². The van der Waals surface area contributed by atoms with Crippen molar-refractivity contribution in [3.8, 4) is 0 Å². The molecular formula is C13H12BrF3S. The standard InChI is InChI=1S/C13H12BrF3S/c1-8-12(14)10(7-18-8)6-9-2-4-11(5-3-9)13(15,16)17/h2-5,10H,6-7H2,1H3. The first-order valence-corrected chi connectivity index (χ1v) is 7.31. The first-order chi connectivity index (χ1) is 8.38. The van der Waals surface area contributed by atoms with Crippen molar-refractivity contribution >= 4 is 27.7 Å². The lowest BCUT2D eigenvalue weighted by Gasteiger charge is -2.11. The van der Waals surface area contributed by atoms with Crippen molar-refractivity contribution < 1.29 is 13.2 Å². The van der Waals surface area contributed by atoms with Crippen molar-refractivity contribution in [1.29, 1.82) is 0 Å². The number of allylic oxidation sites excluding steroid dienone is 2. The summed E-state index contributed by atoms with van der Waals surface area (Å²) in [4.78, 5) is 1.27. The van der Waals surface area contributed by atoms with Gasteiger partial charge in [0, 0.05) is 16.2 Å². The van der Waals surface area contributed by atoms with Gasteiger partial charge in [0.25, 0.3) is 0 Å². The molecule has 0 N–H and O–H groups in total. The van der Waals surface area contributed by atoms with Crippen LogP contribution in [-0.4, -0.2) is 5.75 Å². The molecule has 0 aromatic heterocycles. The first-order valence-electron chi connectivity index (χ1n) is 5.53. The molecule has 0 bridgehead atoms. The topological polar surface area (TPSA) is 0 Å². The van der Waals surface area contributed by atoms with Crippen LogP contribution in [0.4, 0.5) is 13.2 Å². The predicted octanol–water partition coefficient (Wildman–Crippen LogP) is 5.24. The zero-order valence-electron chi connectivity index (χ0n) is 9.72. The number of hydrogen-bond donors (Lipinski definition) is 0. The SMILES string of the molecule is CC1=C(Br)C(Cc2ccc(C(F)(F)F)cc2)CS1. The Morgan fingerprint density at radius 2 is 1.89 bits per heavy atom. The Balaban J connectivity index is 2.08. The smallest absolute Gasteiger partial charge is 0.166 e. The minimum atomic E-state index is -4.25. The summed E-state index contributed by atoms with van der Waals surface area (Å²) in [6.45, 7) is 2.06. The number of hydrogen-bond acceptors (Lipinski definition) is 1. The Bertz CT molecular complexity index is 462. The van der Waals surface area contributed by atoms with Crippen LogP contribution in [-0.2, 0) is 12.6 Å². The van der Waals surface area contributed by atoms with Gasteiger partial charge in [-0.1, -0.05) is 28.1 Å². The summed E-state index contributed by atoms with van der Waals surface area (Å²) in [6.07, 6.45) is -3.47. The van der Waals surface area contributed by atoms with Crippen molar-refractivity contribution in [2.75, 3.05) is 5.75 Å². The molecule has 1 aliphatic heterocycles. The van der Waals surface area contributed by atoms with Gasteiger partial charge in [-0.2, -0.15) is 13.2 Å². The molecule has 0 aliphatic carbocycles. The summed E-state index contributed by atoms with van der Waals surface area (Å²) in [7, 11) is 0. The van der Waals surface area contributed by atoms with E-state index in [1.54, 1.807) is 23.9 Å². The minimum absolute atomic E-state index is 0.381. The fourth-order valence-corrected chi connectivity index (χ4v) is 3.84. The Morgan fingerprint density at radius 3 is 2.33 bits per heavy atom. The van der Waals surface area contributed by atoms with Crippen molar-refractivity contribution in [2.24, 2.45) is 5.92 Å². The second-order valence-electron chi connectivity index (χ2n) is 4.31. The van der Waals surface area contributed by atoms with E-state index in [0.29, 0.717) is 5.92 Å². The van der Waals surface area contributed by atoms with Crippen LogP contribution in [0.25, 0.3) is 0 Å². The Morgan fingerprint density at radius 1 is 1.28 bits per heavy atom. The maximum Gasteiger partial charge on any atom is 0.416 e. The third-order valence-corrected chi connectivity index (χ3v) is 5.69. The molecule has 0 spiro atoms. The Hall–Kier alpha value is -0.420. The molecule has 1 aromatic rings. The van der Waals surface area contributed by atoms with Crippen LogP contribution in [0.2, 0.25) is 0 Å². The summed E-state index contributed by atoms with van der Waals surface area (Å²) in [6, 6.07) is 5.45.